The molecule has 0 bridgehead atoms. The highest BCUT2D eigenvalue weighted by Gasteiger charge is 2.12. The maximum Gasteiger partial charge on any atom is 0.321 e. The van der Waals surface area contributed by atoms with Gasteiger partial charge in [0.15, 0.2) is 0 Å². The first-order valence-corrected chi connectivity index (χ1v) is 8.04. The molecule has 2 N–H and O–H groups in total. The van der Waals surface area contributed by atoms with E-state index in [2.05, 4.69) is 26.2 Å². The highest BCUT2D eigenvalue weighted by Crippen LogP contribution is 2.16. The van der Waals surface area contributed by atoms with Crippen molar-refractivity contribution in [1.29, 1.82) is 0 Å². The second kappa shape index (κ2) is 7.74. The SMILES string of the molecule is CCNC(=O)NC(=O)CSc1nnnn1Cc1cccs1. The molecule has 10 heteroatoms. The molecule has 0 saturated heterocycles. The largest absolute Gasteiger partial charge is 0.338 e. The second-order valence-corrected chi connectivity index (χ2v) is 5.87. The molecule has 2 aromatic heterocycles. The molecule has 0 radical (unpaired) electrons. The highest BCUT2D eigenvalue weighted by molar-refractivity contribution is 7.99. The molecule has 21 heavy (non-hydrogen) atoms. The molecule has 8 nitrogen and oxygen atoms in total. The van der Waals surface area contributed by atoms with E-state index in [4.69, 9.17) is 0 Å². The third-order valence-electron chi connectivity index (χ3n) is 2.31. The van der Waals surface area contributed by atoms with Gasteiger partial charge < -0.3 is 5.32 Å². The Balaban J connectivity index is 1.85. The topological polar surface area (TPSA) is 102 Å². The van der Waals surface area contributed by atoms with Gasteiger partial charge >= 0.3 is 6.03 Å². The number of hydrogen-bond acceptors (Lipinski definition) is 7. The van der Waals surface area contributed by atoms with Crippen LogP contribution in [0.2, 0.25) is 0 Å². The quantitative estimate of drug-likeness (QED) is 0.759. The Kier molecular flexibility index (Phi) is 5.69. The van der Waals surface area contributed by atoms with Crippen molar-refractivity contribution in [2.24, 2.45) is 0 Å². The Morgan fingerprint density at radius 3 is 3.05 bits per heavy atom. The van der Waals surface area contributed by atoms with Crippen molar-refractivity contribution in [3.8, 4) is 0 Å². The third kappa shape index (κ3) is 4.83. The zero-order chi connectivity index (χ0) is 15.1. The predicted octanol–water partition coefficient (Wildman–Crippen LogP) is 0.721. The van der Waals surface area contributed by atoms with Crippen LogP contribution in [0.5, 0.6) is 0 Å². The summed E-state index contributed by atoms with van der Waals surface area (Å²) in [6.07, 6.45) is 0. The standard InChI is InChI=1S/C11H14N6O2S2/c1-2-12-10(19)13-9(18)7-21-11-14-15-16-17(11)6-8-4-3-5-20-8/h3-5H,2,6-7H2,1H3,(H2,12,13,18,19). The van der Waals surface area contributed by atoms with Crippen molar-refractivity contribution in [1.82, 2.24) is 30.8 Å². The Hall–Kier alpha value is -1.94. The van der Waals surface area contributed by atoms with Crippen LogP contribution in [-0.2, 0) is 11.3 Å². The first-order valence-electron chi connectivity index (χ1n) is 6.18. The average molecular weight is 326 g/mol. The summed E-state index contributed by atoms with van der Waals surface area (Å²) in [7, 11) is 0. The van der Waals surface area contributed by atoms with E-state index >= 15 is 0 Å². The summed E-state index contributed by atoms with van der Waals surface area (Å²) in [6.45, 7) is 2.80. The summed E-state index contributed by atoms with van der Waals surface area (Å²) < 4.78 is 1.62. The average Bonchev–Trinajstić information content (AvgIpc) is 3.09. The van der Waals surface area contributed by atoms with Gasteiger partial charge in [-0.15, -0.1) is 16.4 Å². The van der Waals surface area contributed by atoms with E-state index < -0.39 is 11.9 Å². The molecular formula is C11H14N6O2S2. The summed E-state index contributed by atoms with van der Waals surface area (Å²) in [5.74, 6) is -0.321. The number of imide groups is 1. The fourth-order valence-electron chi connectivity index (χ4n) is 1.45. The van der Waals surface area contributed by atoms with Crippen molar-refractivity contribution in [3.05, 3.63) is 22.4 Å². The number of nitrogens with zero attached hydrogens (tertiary/aromatic N) is 4. The molecule has 112 valence electrons. The lowest BCUT2D eigenvalue weighted by Gasteiger charge is -2.04. The van der Waals surface area contributed by atoms with Crippen LogP contribution in [0.1, 0.15) is 11.8 Å². The smallest absolute Gasteiger partial charge is 0.321 e. The molecule has 3 amide bonds. The maximum absolute atomic E-state index is 11.6. The fraction of sp³-hybridized carbons (Fsp3) is 0.364. The van der Waals surface area contributed by atoms with Crippen LogP contribution in [0.3, 0.4) is 0 Å². The minimum absolute atomic E-state index is 0.0714. The third-order valence-corrected chi connectivity index (χ3v) is 4.13. The van der Waals surface area contributed by atoms with E-state index in [0.29, 0.717) is 18.2 Å². The van der Waals surface area contributed by atoms with Crippen molar-refractivity contribution < 1.29 is 9.59 Å². The summed E-state index contributed by atoms with van der Waals surface area (Å²) in [4.78, 5) is 23.9. The van der Waals surface area contributed by atoms with Gasteiger partial charge in [-0.1, -0.05) is 17.8 Å². The molecule has 0 aliphatic carbocycles. The van der Waals surface area contributed by atoms with E-state index in [0.717, 1.165) is 4.88 Å². The molecule has 0 spiro atoms. The number of carbonyl (C=O) groups is 2. The molecule has 2 heterocycles. The normalized spacial score (nSPS) is 10.3. The van der Waals surface area contributed by atoms with Gasteiger partial charge in [0.25, 0.3) is 0 Å². The molecule has 0 unspecified atom stereocenters. The molecule has 0 aliphatic heterocycles. The van der Waals surface area contributed by atoms with Crippen LogP contribution < -0.4 is 10.6 Å². The Morgan fingerprint density at radius 2 is 2.33 bits per heavy atom. The van der Waals surface area contributed by atoms with Crippen LogP contribution in [0, 0.1) is 0 Å². The first-order chi connectivity index (χ1) is 10.2. The number of thiophene rings is 1. The molecule has 0 aromatic carbocycles. The predicted molar refractivity (Wildman–Crippen MR) is 79.2 cm³/mol. The number of hydrogen-bond donors (Lipinski definition) is 2. The zero-order valence-corrected chi connectivity index (χ0v) is 12.9. The summed E-state index contributed by atoms with van der Waals surface area (Å²) in [5, 5.41) is 18.6. The lowest BCUT2D eigenvalue weighted by Crippen LogP contribution is -2.40. The van der Waals surface area contributed by atoms with E-state index in [1.807, 2.05) is 17.5 Å². The van der Waals surface area contributed by atoms with Crippen LogP contribution in [0.15, 0.2) is 22.7 Å². The molecule has 0 aliphatic rings. The summed E-state index contributed by atoms with van der Waals surface area (Å²) >= 11 is 2.79. The van der Waals surface area contributed by atoms with Crippen molar-refractivity contribution in [3.63, 3.8) is 0 Å². The number of aromatic nitrogens is 4. The maximum atomic E-state index is 11.6. The lowest BCUT2D eigenvalue weighted by atomic mass is 10.5. The number of urea groups is 1. The fourth-order valence-corrected chi connectivity index (χ4v) is 2.81. The van der Waals surface area contributed by atoms with Gasteiger partial charge in [-0.25, -0.2) is 9.48 Å². The van der Waals surface area contributed by atoms with E-state index in [1.165, 1.54) is 11.8 Å². The first kappa shape index (κ1) is 15.4. The molecule has 0 fully saturated rings. The molecular weight excluding hydrogens is 312 g/mol. The van der Waals surface area contributed by atoms with Crippen molar-refractivity contribution in [2.45, 2.75) is 18.6 Å². The van der Waals surface area contributed by atoms with Gasteiger partial charge in [0, 0.05) is 11.4 Å². The summed E-state index contributed by atoms with van der Waals surface area (Å²) in [5.41, 5.74) is 0. The minimum Gasteiger partial charge on any atom is -0.338 e. The Bertz CT molecular complexity index is 598. The van der Waals surface area contributed by atoms with Crippen LogP contribution in [0.4, 0.5) is 4.79 Å². The molecule has 2 aromatic rings. The number of carbonyl (C=O) groups excluding carboxylic acids is 2. The van der Waals surface area contributed by atoms with Gasteiger partial charge in [0.05, 0.1) is 12.3 Å². The second-order valence-electron chi connectivity index (χ2n) is 3.89. The van der Waals surface area contributed by atoms with Crippen LogP contribution >= 0.6 is 23.1 Å². The summed E-state index contributed by atoms with van der Waals surface area (Å²) in [6, 6.07) is 3.45. The molecule has 2 rings (SSSR count). The number of amides is 3. The zero-order valence-electron chi connectivity index (χ0n) is 11.3. The van der Waals surface area contributed by atoms with Gasteiger partial charge in [0.1, 0.15) is 0 Å². The molecule has 0 atom stereocenters. The Labute approximate surface area is 129 Å². The Morgan fingerprint density at radius 1 is 1.48 bits per heavy atom. The van der Waals surface area contributed by atoms with Gasteiger partial charge in [-0.3, -0.25) is 10.1 Å². The lowest BCUT2D eigenvalue weighted by molar-refractivity contribution is -0.117. The van der Waals surface area contributed by atoms with Crippen molar-refractivity contribution >= 4 is 35.0 Å². The number of nitrogens with one attached hydrogen (secondary N) is 2. The van der Waals surface area contributed by atoms with Gasteiger partial charge in [0.2, 0.25) is 11.1 Å². The van der Waals surface area contributed by atoms with Gasteiger partial charge in [-0.2, -0.15) is 0 Å². The molecule has 0 saturated carbocycles. The minimum atomic E-state index is -0.499. The van der Waals surface area contributed by atoms with E-state index in [9.17, 15) is 9.59 Å². The van der Waals surface area contributed by atoms with Crippen molar-refractivity contribution in [2.75, 3.05) is 12.3 Å². The number of tetrazole rings is 1. The highest BCUT2D eigenvalue weighted by atomic mass is 32.2. The van der Waals surface area contributed by atoms with E-state index in [1.54, 1.807) is 22.9 Å². The monoisotopic (exact) mass is 326 g/mol. The number of rotatable bonds is 6. The van der Waals surface area contributed by atoms with Crippen LogP contribution in [0.25, 0.3) is 0 Å². The number of thioether (sulfide) groups is 1. The van der Waals surface area contributed by atoms with E-state index in [-0.39, 0.29) is 5.75 Å². The van der Waals surface area contributed by atoms with Crippen LogP contribution in [-0.4, -0.2) is 44.4 Å². The van der Waals surface area contributed by atoms with Gasteiger partial charge in [-0.05, 0) is 28.8 Å².